The molecule has 3 aromatic carbocycles. The summed E-state index contributed by atoms with van der Waals surface area (Å²) in [6.45, 7) is 0.286. The van der Waals surface area contributed by atoms with Crippen LogP contribution in [-0.2, 0) is 16.0 Å². The van der Waals surface area contributed by atoms with E-state index in [1.807, 2.05) is 110 Å². The van der Waals surface area contributed by atoms with E-state index in [0.717, 1.165) is 16.9 Å². The van der Waals surface area contributed by atoms with Gasteiger partial charge >= 0.3 is 0 Å². The number of nitrogens with zero attached hydrogens (tertiary/aromatic N) is 4. The SMILES string of the molecule is CN(C)c1cccc(N(C)C[C@@H](O)[C@H](Cc2ccccc2)N(C(=O)C2=NNC(=O)C2)c2ccccc2)c1. The van der Waals surface area contributed by atoms with E-state index in [4.69, 9.17) is 0 Å². The molecule has 0 bridgehead atoms. The summed E-state index contributed by atoms with van der Waals surface area (Å²) in [5.41, 5.74) is 6.13. The number of benzene rings is 3. The highest BCUT2D eigenvalue weighted by Crippen LogP contribution is 2.26. The number of hydrogen-bond acceptors (Lipinski definition) is 6. The van der Waals surface area contributed by atoms with E-state index < -0.39 is 18.1 Å². The molecule has 1 heterocycles. The lowest BCUT2D eigenvalue weighted by Gasteiger charge is -2.37. The molecule has 4 rings (SSSR count). The van der Waals surface area contributed by atoms with Crippen molar-refractivity contribution in [3.63, 3.8) is 0 Å². The predicted octanol–water partition coefficient (Wildman–Crippen LogP) is 3.07. The van der Waals surface area contributed by atoms with Crippen LogP contribution in [0.2, 0.25) is 0 Å². The van der Waals surface area contributed by atoms with Crippen LogP contribution in [0.5, 0.6) is 0 Å². The van der Waals surface area contributed by atoms with E-state index >= 15 is 0 Å². The van der Waals surface area contributed by atoms with Crippen molar-refractivity contribution in [2.24, 2.45) is 5.10 Å². The molecule has 8 heteroatoms. The van der Waals surface area contributed by atoms with Crippen LogP contribution in [0.4, 0.5) is 17.1 Å². The van der Waals surface area contributed by atoms with Crippen molar-refractivity contribution in [3.05, 3.63) is 90.5 Å². The first-order chi connectivity index (χ1) is 17.8. The molecule has 0 spiro atoms. The minimum Gasteiger partial charge on any atom is -0.389 e. The highest BCUT2D eigenvalue weighted by Gasteiger charge is 2.36. The molecule has 2 amide bonds. The number of amides is 2. The molecule has 0 unspecified atom stereocenters. The lowest BCUT2D eigenvalue weighted by Crippen LogP contribution is -2.53. The minimum absolute atomic E-state index is 0.0897. The number of aliphatic hydroxyl groups excluding tert-OH is 1. The fourth-order valence-corrected chi connectivity index (χ4v) is 4.44. The first-order valence-electron chi connectivity index (χ1n) is 12.3. The molecule has 192 valence electrons. The van der Waals surface area contributed by atoms with Crippen molar-refractivity contribution < 1.29 is 14.7 Å². The Balaban J connectivity index is 1.69. The third kappa shape index (κ3) is 6.34. The number of nitrogens with one attached hydrogen (secondary N) is 1. The van der Waals surface area contributed by atoms with Gasteiger partial charge in [0.05, 0.1) is 18.6 Å². The quantitative estimate of drug-likeness (QED) is 0.448. The number of hydrazone groups is 1. The van der Waals surface area contributed by atoms with Gasteiger partial charge in [-0.2, -0.15) is 5.10 Å². The smallest absolute Gasteiger partial charge is 0.275 e. The predicted molar refractivity (Wildman–Crippen MR) is 148 cm³/mol. The average molecular weight is 500 g/mol. The Morgan fingerprint density at radius 2 is 1.54 bits per heavy atom. The maximum absolute atomic E-state index is 13.8. The zero-order valence-corrected chi connectivity index (χ0v) is 21.4. The van der Waals surface area contributed by atoms with Gasteiger partial charge in [-0.1, -0.05) is 54.6 Å². The molecule has 8 nitrogen and oxygen atoms in total. The number of anilines is 3. The van der Waals surface area contributed by atoms with Gasteiger partial charge in [0.2, 0.25) is 5.91 Å². The number of rotatable bonds is 10. The van der Waals surface area contributed by atoms with Gasteiger partial charge in [-0.25, -0.2) is 5.43 Å². The second-order valence-corrected chi connectivity index (χ2v) is 9.40. The number of carbonyl (C=O) groups is 2. The van der Waals surface area contributed by atoms with Gasteiger partial charge in [0, 0.05) is 44.7 Å². The van der Waals surface area contributed by atoms with Crippen molar-refractivity contribution >= 4 is 34.6 Å². The summed E-state index contributed by atoms with van der Waals surface area (Å²) in [5.74, 6) is -0.723. The van der Waals surface area contributed by atoms with E-state index in [2.05, 4.69) is 16.6 Å². The molecule has 1 aliphatic heterocycles. The van der Waals surface area contributed by atoms with Gasteiger partial charge in [0.1, 0.15) is 5.71 Å². The van der Waals surface area contributed by atoms with Crippen molar-refractivity contribution in [2.45, 2.75) is 25.0 Å². The Morgan fingerprint density at radius 1 is 0.919 bits per heavy atom. The fourth-order valence-electron chi connectivity index (χ4n) is 4.44. The van der Waals surface area contributed by atoms with E-state index in [-0.39, 0.29) is 24.6 Å². The van der Waals surface area contributed by atoms with E-state index in [1.165, 1.54) is 0 Å². The Morgan fingerprint density at radius 3 is 2.16 bits per heavy atom. The summed E-state index contributed by atoms with van der Waals surface area (Å²) >= 11 is 0. The molecule has 0 aromatic heterocycles. The second-order valence-electron chi connectivity index (χ2n) is 9.40. The van der Waals surface area contributed by atoms with E-state index in [9.17, 15) is 14.7 Å². The van der Waals surface area contributed by atoms with Crippen LogP contribution in [0.25, 0.3) is 0 Å². The highest BCUT2D eigenvalue weighted by molar-refractivity contribution is 6.47. The lowest BCUT2D eigenvalue weighted by molar-refractivity contribution is -0.119. The van der Waals surface area contributed by atoms with Gasteiger partial charge in [0.15, 0.2) is 0 Å². The van der Waals surface area contributed by atoms with Gasteiger partial charge in [-0.05, 0) is 42.3 Å². The van der Waals surface area contributed by atoms with Crippen LogP contribution >= 0.6 is 0 Å². The van der Waals surface area contributed by atoms with E-state index in [0.29, 0.717) is 12.1 Å². The van der Waals surface area contributed by atoms with Crippen LogP contribution in [0, 0.1) is 0 Å². The first kappa shape index (κ1) is 25.9. The number of aliphatic hydroxyl groups is 1. The summed E-state index contributed by atoms with van der Waals surface area (Å²) in [5, 5.41) is 15.7. The van der Waals surface area contributed by atoms with Gasteiger partial charge in [-0.3, -0.25) is 9.59 Å². The van der Waals surface area contributed by atoms with Crippen molar-refractivity contribution in [1.82, 2.24) is 5.43 Å². The molecular formula is C29H33N5O3. The highest BCUT2D eigenvalue weighted by atomic mass is 16.3. The molecule has 1 aliphatic rings. The van der Waals surface area contributed by atoms with Gasteiger partial charge in [0.25, 0.3) is 5.91 Å². The molecule has 37 heavy (non-hydrogen) atoms. The maximum atomic E-state index is 13.8. The molecule has 2 atom stereocenters. The molecule has 0 saturated heterocycles. The third-order valence-corrected chi connectivity index (χ3v) is 6.45. The average Bonchev–Trinajstić information content (AvgIpc) is 3.35. The Labute approximate surface area is 217 Å². The summed E-state index contributed by atoms with van der Waals surface area (Å²) < 4.78 is 0. The van der Waals surface area contributed by atoms with E-state index in [1.54, 1.807) is 4.90 Å². The Hall–Kier alpha value is -4.17. The minimum atomic E-state index is -0.914. The Bertz CT molecular complexity index is 1250. The summed E-state index contributed by atoms with van der Waals surface area (Å²) in [7, 11) is 5.90. The Kier molecular flexibility index (Phi) is 8.20. The third-order valence-electron chi connectivity index (χ3n) is 6.45. The molecule has 0 radical (unpaired) electrons. The summed E-state index contributed by atoms with van der Waals surface area (Å²) in [6.07, 6.45) is -0.584. The molecule has 0 saturated carbocycles. The summed E-state index contributed by atoms with van der Waals surface area (Å²) in [6, 6.07) is 26.5. The molecular weight excluding hydrogens is 466 g/mol. The van der Waals surface area contributed by atoms with Crippen LogP contribution in [0.1, 0.15) is 12.0 Å². The topological polar surface area (TPSA) is 88.5 Å². The van der Waals surface area contributed by atoms with Gasteiger partial charge in [-0.15, -0.1) is 0 Å². The van der Waals surface area contributed by atoms with Gasteiger partial charge < -0.3 is 19.8 Å². The molecule has 3 aromatic rings. The summed E-state index contributed by atoms with van der Waals surface area (Å²) in [4.78, 5) is 31.2. The zero-order chi connectivity index (χ0) is 26.4. The maximum Gasteiger partial charge on any atom is 0.275 e. The normalized spacial score (nSPS) is 14.4. The lowest BCUT2D eigenvalue weighted by atomic mass is 9.97. The number of hydrogen-bond donors (Lipinski definition) is 2. The van der Waals surface area contributed by atoms with Crippen molar-refractivity contribution in [3.8, 4) is 0 Å². The van der Waals surface area contributed by atoms with Crippen LogP contribution in [0.15, 0.2) is 90.0 Å². The number of likely N-dealkylation sites (N-methyl/N-ethyl adjacent to an activating group) is 1. The second kappa shape index (κ2) is 11.7. The van der Waals surface area contributed by atoms with Crippen LogP contribution in [0.3, 0.4) is 0 Å². The molecule has 2 N–H and O–H groups in total. The van der Waals surface area contributed by atoms with Crippen molar-refractivity contribution in [2.75, 3.05) is 42.4 Å². The van der Waals surface area contributed by atoms with Crippen molar-refractivity contribution in [1.29, 1.82) is 0 Å². The standard InChI is InChI=1S/C29H33N5O3/c1-32(2)23-15-10-16-24(18-23)33(3)20-27(35)26(17-21-11-6-4-7-12-21)34(22-13-8-5-9-14-22)29(37)25-19-28(36)31-30-25/h4-16,18,26-27,35H,17,19-20H2,1-3H3,(H,31,36)/t26-,27+/m0/s1. The van der Waals surface area contributed by atoms with Crippen LogP contribution < -0.4 is 20.1 Å². The van der Waals surface area contributed by atoms with Crippen LogP contribution in [-0.4, -0.2) is 62.5 Å². The monoisotopic (exact) mass is 499 g/mol. The molecule has 0 aliphatic carbocycles. The number of para-hydroxylation sites is 1. The zero-order valence-electron chi connectivity index (χ0n) is 21.4. The largest absolute Gasteiger partial charge is 0.389 e. The molecule has 0 fully saturated rings. The first-order valence-corrected chi connectivity index (χ1v) is 12.3. The number of carbonyl (C=O) groups excluding carboxylic acids is 2. The fraction of sp³-hybridized carbons (Fsp3) is 0.276.